The Morgan fingerprint density at radius 1 is 1.05 bits per heavy atom. The molecule has 2 heteroatoms. The molecule has 0 N–H and O–H groups in total. The molecule has 1 aromatic carbocycles. The van der Waals surface area contributed by atoms with Crippen LogP contribution in [0.1, 0.15) is 81.8 Å². The van der Waals surface area contributed by atoms with Gasteiger partial charge in [0.15, 0.2) is 0 Å². The van der Waals surface area contributed by atoms with Crippen LogP contribution in [0.2, 0.25) is 0 Å². The summed E-state index contributed by atoms with van der Waals surface area (Å²) in [6.45, 7) is 3.10. The summed E-state index contributed by atoms with van der Waals surface area (Å²) in [4.78, 5) is 0. The van der Waals surface area contributed by atoms with Gasteiger partial charge in [-0.25, -0.2) is 0 Å². The molecule has 2 nitrogen and oxygen atoms in total. The quantitative estimate of drug-likeness (QED) is 0.588. The highest BCUT2D eigenvalue weighted by Gasteiger charge is 2.22. The van der Waals surface area contributed by atoms with Crippen molar-refractivity contribution < 1.29 is 4.74 Å². The molecule has 1 saturated heterocycles. The van der Waals surface area contributed by atoms with Crippen molar-refractivity contribution in [2.45, 2.75) is 76.7 Å². The Bertz CT molecular complexity index is 452. The molecule has 0 spiro atoms. The van der Waals surface area contributed by atoms with Gasteiger partial charge in [0.05, 0.1) is 24.3 Å². The van der Waals surface area contributed by atoms with Crippen molar-refractivity contribution in [3.05, 3.63) is 35.4 Å². The Hall–Kier alpha value is -1.33. The van der Waals surface area contributed by atoms with Crippen LogP contribution < -0.4 is 0 Å². The van der Waals surface area contributed by atoms with E-state index in [0.29, 0.717) is 12.0 Å². The summed E-state index contributed by atoms with van der Waals surface area (Å²) in [7, 11) is 0. The van der Waals surface area contributed by atoms with E-state index in [1.54, 1.807) is 0 Å². The lowest BCUT2D eigenvalue weighted by Gasteiger charge is -2.29. The highest BCUT2D eigenvalue weighted by molar-refractivity contribution is 5.33. The van der Waals surface area contributed by atoms with Crippen LogP contribution in [0.3, 0.4) is 0 Å². The number of hydrogen-bond donors (Lipinski definition) is 0. The molecule has 0 radical (unpaired) electrons. The van der Waals surface area contributed by atoms with Gasteiger partial charge in [-0.3, -0.25) is 0 Å². The average molecular weight is 299 g/mol. The van der Waals surface area contributed by atoms with E-state index < -0.39 is 0 Å². The fourth-order valence-electron chi connectivity index (χ4n) is 3.28. The molecule has 1 aliphatic rings. The number of nitrogens with zero attached hydrogens (tertiary/aromatic N) is 1. The number of benzene rings is 1. The van der Waals surface area contributed by atoms with Crippen molar-refractivity contribution in [1.82, 2.24) is 0 Å². The van der Waals surface area contributed by atoms with Gasteiger partial charge in [0.1, 0.15) is 0 Å². The zero-order valence-corrected chi connectivity index (χ0v) is 13.9. The number of hydrogen-bond acceptors (Lipinski definition) is 2. The zero-order chi connectivity index (χ0) is 15.6. The predicted octanol–water partition coefficient (Wildman–Crippen LogP) is 5.57. The lowest BCUT2D eigenvalue weighted by molar-refractivity contribution is -0.00214. The number of rotatable bonds is 8. The van der Waals surface area contributed by atoms with Crippen molar-refractivity contribution in [3.8, 4) is 6.07 Å². The molecule has 2 rings (SSSR count). The maximum absolute atomic E-state index is 8.85. The molecule has 2 atom stereocenters. The van der Waals surface area contributed by atoms with Gasteiger partial charge >= 0.3 is 0 Å². The second-order valence-electron chi connectivity index (χ2n) is 6.52. The van der Waals surface area contributed by atoms with Crippen molar-refractivity contribution >= 4 is 0 Å². The molecule has 0 amide bonds. The standard InChI is InChI=1S/C20H29NO/c1-2-3-4-5-6-7-8-20-14-13-19(16-22-20)18-11-9-17(15-21)10-12-18/h9-12,19-20H,2-8,13-14,16H2,1H3. The molecule has 1 aromatic rings. The predicted molar refractivity (Wildman–Crippen MR) is 90.9 cm³/mol. The smallest absolute Gasteiger partial charge is 0.0991 e. The summed E-state index contributed by atoms with van der Waals surface area (Å²) in [5.41, 5.74) is 2.05. The molecule has 1 heterocycles. The molecular formula is C20H29NO. The zero-order valence-electron chi connectivity index (χ0n) is 13.9. The van der Waals surface area contributed by atoms with Crippen LogP contribution >= 0.6 is 0 Å². The highest BCUT2D eigenvalue weighted by Crippen LogP contribution is 2.30. The number of unbranched alkanes of at least 4 members (excludes halogenated alkanes) is 5. The van der Waals surface area contributed by atoms with Gasteiger partial charge in [-0.1, -0.05) is 57.6 Å². The first-order chi connectivity index (χ1) is 10.8. The first-order valence-electron chi connectivity index (χ1n) is 8.95. The fraction of sp³-hybridized carbons (Fsp3) is 0.650. The monoisotopic (exact) mass is 299 g/mol. The minimum Gasteiger partial charge on any atom is -0.378 e. The molecule has 22 heavy (non-hydrogen) atoms. The highest BCUT2D eigenvalue weighted by atomic mass is 16.5. The topological polar surface area (TPSA) is 33.0 Å². The second-order valence-corrected chi connectivity index (χ2v) is 6.52. The molecule has 0 bridgehead atoms. The average Bonchev–Trinajstić information content (AvgIpc) is 2.59. The Labute approximate surface area is 135 Å². The van der Waals surface area contributed by atoms with E-state index in [0.717, 1.165) is 12.2 Å². The van der Waals surface area contributed by atoms with Crippen molar-refractivity contribution in [2.75, 3.05) is 6.61 Å². The lowest BCUT2D eigenvalue weighted by atomic mass is 9.89. The maximum Gasteiger partial charge on any atom is 0.0991 e. The summed E-state index contributed by atoms with van der Waals surface area (Å²) in [5.74, 6) is 0.508. The minimum atomic E-state index is 0.473. The molecular weight excluding hydrogens is 270 g/mol. The summed E-state index contributed by atoms with van der Waals surface area (Å²) in [5, 5.41) is 8.85. The van der Waals surface area contributed by atoms with Gasteiger partial charge in [-0.15, -0.1) is 0 Å². The van der Waals surface area contributed by atoms with Crippen LogP contribution in [0.5, 0.6) is 0 Å². The van der Waals surface area contributed by atoms with Crippen LogP contribution in [-0.4, -0.2) is 12.7 Å². The largest absolute Gasteiger partial charge is 0.378 e. The molecule has 120 valence electrons. The van der Waals surface area contributed by atoms with Gasteiger partial charge in [-0.05, 0) is 37.0 Å². The molecule has 0 aromatic heterocycles. The Kier molecular flexibility index (Phi) is 7.46. The van der Waals surface area contributed by atoms with Gasteiger partial charge in [0.25, 0.3) is 0 Å². The Balaban J connectivity index is 1.64. The Morgan fingerprint density at radius 2 is 1.77 bits per heavy atom. The third kappa shape index (κ3) is 5.46. The van der Waals surface area contributed by atoms with E-state index in [2.05, 4.69) is 25.1 Å². The molecule has 0 saturated carbocycles. The SMILES string of the molecule is CCCCCCCCC1CCC(c2ccc(C#N)cc2)CO1. The van der Waals surface area contributed by atoms with Gasteiger partial charge in [-0.2, -0.15) is 5.26 Å². The third-order valence-corrected chi connectivity index (χ3v) is 4.76. The molecule has 2 unspecified atom stereocenters. The van der Waals surface area contributed by atoms with Crippen LogP contribution in [0.25, 0.3) is 0 Å². The van der Waals surface area contributed by atoms with Crippen LogP contribution in [0.4, 0.5) is 0 Å². The van der Waals surface area contributed by atoms with E-state index in [9.17, 15) is 0 Å². The maximum atomic E-state index is 8.85. The van der Waals surface area contributed by atoms with Crippen molar-refractivity contribution in [3.63, 3.8) is 0 Å². The lowest BCUT2D eigenvalue weighted by Crippen LogP contribution is -2.24. The normalized spacial score (nSPS) is 21.5. The Morgan fingerprint density at radius 3 is 2.41 bits per heavy atom. The van der Waals surface area contributed by atoms with Gasteiger partial charge in [0.2, 0.25) is 0 Å². The van der Waals surface area contributed by atoms with Crippen LogP contribution in [-0.2, 0) is 4.74 Å². The summed E-state index contributed by atoms with van der Waals surface area (Å²) < 4.78 is 6.06. The van der Waals surface area contributed by atoms with Crippen LogP contribution in [0.15, 0.2) is 24.3 Å². The molecule has 0 aliphatic carbocycles. The van der Waals surface area contributed by atoms with E-state index in [4.69, 9.17) is 10.00 Å². The van der Waals surface area contributed by atoms with E-state index in [1.807, 2.05) is 12.1 Å². The number of ether oxygens (including phenoxy) is 1. The van der Waals surface area contributed by atoms with E-state index in [-0.39, 0.29) is 0 Å². The van der Waals surface area contributed by atoms with Gasteiger partial charge < -0.3 is 4.74 Å². The summed E-state index contributed by atoms with van der Waals surface area (Å²) >= 11 is 0. The van der Waals surface area contributed by atoms with E-state index in [1.165, 1.54) is 63.4 Å². The van der Waals surface area contributed by atoms with Crippen molar-refractivity contribution in [2.24, 2.45) is 0 Å². The van der Waals surface area contributed by atoms with Crippen LogP contribution in [0, 0.1) is 11.3 Å². The van der Waals surface area contributed by atoms with E-state index >= 15 is 0 Å². The minimum absolute atomic E-state index is 0.473. The third-order valence-electron chi connectivity index (χ3n) is 4.76. The first-order valence-corrected chi connectivity index (χ1v) is 8.95. The first kappa shape index (κ1) is 17.0. The van der Waals surface area contributed by atoms with Gasteiger partial charge in [0, 0.05) is 5.92 Å². The molecule has 1 fully saturated rings. The second kappa shape index (κ2) is 9.64. The summed E-state index contributed by atoms with van der Waals surface area (Å²) in [6.07, 6.45) is 12.2. The molecule has 1 aliphatic heterocycles. The van der Waals surface area contributed by atoms with Crippen molar-refractivity contribution in [1.29, 1.82) is 5.26 Å². The summed E-state index contributed by atoms with van der Waals surface area (Å²) in [6, 6.07) is 10.2. The number of nitriles is 1. The fourth-order valence-corrected chi connectivity index (χ4v) is 3.28.